The van der Waals surface area contributed by atoms with Gasteiger partial charge in [0.15, 0.2) is 0 Å². The number of hydrogen-bond acceptors (Lipinski definition) is 7. The van der Waals surface area contributed by atoms with Crippen molar-refractivity contribution in [2.45, 2.75) is 9.79 Å². The number of rotatable bonds is 5. The van der Waals surface area contributed by atoms with Gasteiger partial charge in [-0.3, -0.25) is 14.9 Å². The van der Waals surface area contributed by atoms with Crippen molar-refractivity contribution in [2.24, 2.45) is 0 Å². The summed E-state index contributed by atoms with van der Waals surface area (Å²) in [4.78, 5) is 23.3. The van der Waals surface area contributed by atoms with Crippen molar-refractivity contribution in [3.8, 4) is 0 Å². The van der Waals surface area contributed by atoms with E-state index in [1.165, 1.54) is 17.0 Å². The molecule has 1 aliphatic rings. The van der Waals surface area contributed by atoms with E-state index in [1.54, 1.807) is 0 Å². The van der Waals surface area contributed by atoms with Gasteiger partial charge in [-0.25, -0.2) is 8.42 Å². The van der Waals surface area contributed by atoms with Gasteiger partial charge in [0.05, 0.1) is 14.7 Å². The molecule has 0 saturated carbocycles. The van der Waals surface area contributed by atoms with Crippen LogP contribution in [0.25, 0.3) is 0 Å². The lowest BCUT2D eigenvalue weighted by atomic mass is 10.2. The molecule has 1 aliphatic heterocycles. The molecule has 13 heteroatoms. The van der Waals surface area contributed by atoms with Crippen molar-refractivity contribution in [3.05, 3.63) is 64.2 Å². The zero-order chi connectivity index (χ0) is 22.1. The molecule has 1 fully saturated rings. The lowest BCUT2D eigenvalue weighted by molar-refractivity contribution is -0.384. The second kappa shape index (κ2) is 8.08. The maximum atomic E-state index is 13.2. The van der Waals surface area contributed by atoms with Gasteiger partial charge in [-0.1, -0.05) is 6.07 Å². The molecular weight excluding hydrogens is 441 g/mol. The van der Waals surface area contributed by atoms with Crippen LogP contribution in [0.4, 0.5) is 9.57 Å². The highest BCUT2D eigenvalue weighted by molar-refractivity contribution is 7.89. The predicted molar refractivity (Wildman–Crippen MR) is 102 cm³/mol. The summed E-state index contributed by atoms with van der Waals surface area (Å²) < 4.78 is 61.8. The molecule has 2 aromatic rings. The number of carbonyl (C=O) groups is 1. The van der Waals surface area contributed by atoms with E-state index in [4.69, 9.17) is 0 Å². The Bertz CT molecular complexity index is 1190. The fourth-order valence-corrected chi connectivity index (χ4v) is 4.91. The number of nitrogens with zero attached hydrogens (tertiary/aromatic N) is 3. The summed E-state index contributed by atoms with van der Waals surface area (Å²) in [5, 5.41) is 10.7. The van der Waals surface area contributed by atoms with Crippen LogP contribution in [-0.4, -0.2) is 63.1 Å². The topological polar surface area (TPSA) is 135 Å². The van der Waals surface area contributed by atoms with Crippen LogP contribution < -0.4 is 0 Å². The Morgan fingerprint density at radius 1 is 0.933 bits per heavy atom. The first-order valence-electron chi connectivity index (χ1n) is 8.59. The minimum atomic E-state index is -4.96. The third-order valence-corrected chi connectivity index (χ3v) is 7.30. The van der Waals surface area contributed by atoms with Crippen molar-refractivity contribution in [1.82, 2.24) is 9.21 Å². The molecule has 0 atom stereocenters. The fourth-order valence-electron chi connectivity index (χ4n) is 2.98. The number of halogens is 1. The molecule has 1 saturated heterocycles. The van der Waals surface area contributed by atoms with Gasteiger partial charge in [-0.05, 0) is 30.3 Å². The highest BCUT2D eigenvalue weighted by atomic mass is 32.3. The van der Waals surface area contributed by atoms with E-state index in [9.17, 15) is 35.6 Å². The van der Waals surface area contributed by atoms with E-state index in [1.807, 2.05) is 0 Å². The monoisotopic (exact) mass is 457 g/mol. The normalized spacial score (nSPS) is 15.7. The molecule has 0 bridgehead atoms. The average molecular weight is 457 g/mol. The predicted octanol–water partition coefficient (Wildman–Crippen LogP) is 1.40. The Balaban J connectivity index is 1.71. The minimum absolute atomic E-state index is 0.0217. The first kappa shape index (κ1) is 21.8. The number of nitro groups is 1. The maximum Gasteiger partial charge on any atom is 0.332 e. The molecule has 0 aromatic heterocycles. The van der Waals surface area contributed by atoms with E-state index < -0.39 is 36.0 Å². The van der Waals surface area contributed by atoms with Crippen LogP contribution in [0.5, 0.6) is 0 Å². The SMILES string of the molecule is O=C(c1cccc(S(=O)(=O)F)c1)N1CCN(S(=O)(=O)c2ccc([N+](=O)[O-])cc2)CC1. The highest BCUT2D eigenvalue weighted by Gasteiger charge is 2.31. The van der Waals surface area contributed by atoms with E-state index in [0.29, 0.717) is 0 Å². The third-order valence-electron chi connectivity index (χ3n) is 4.57. The minimum Gasteiger partial charge on any atom is -0.336 e. The number of non-ortho nitro benzene ring substituents is 1. The van der Waals surface area contributed by atoms with Crippen molar-refractivity contribution in [2.75, 3.05) is 26.2 Å². The zero-order valence-corrected chi connectivity index (χ0v) is 17.0. The Labute approximate surface area is 171 Å². The summed E-state index contributed by atoms with van der Waals surface area (Å²) in [5.74, 6) is -0.548. The molecule has 160 valence electrons. The van der Waals surface area contributed by atoms with E-state index >= 15 is 0 Å². The highest BCUT2D eigenvalue weighted by Crippen LogP contribution is 2.22. The maximum absolute atomic E-state index is 13.2. The molecule has 0 spiro atoms. The van der Waals surface area contributed by atoms with Gasteiger partial charge in [0.2, 0.25) is 10.0 Å². The summed E-state index contributed by atoms with van der Waals surface area (Å²) >= 11 is 0. The first-order valence-corrected chi connectivity index (χ1v) is 11.4. The smallest absolute Gasteiger partial charge is 0.332 e. The molecule has 0 radical (unpaired) electrons. The second-order valence-electron chi connectivity index (χ2n) is 6.41. The van der Waals surface area contributed by atoms with Gasteiger partial charge >= 0.3 is 10.2 Å². The van der Waals surface area contributed by atoms with Gasteiger partial charge in [0.1, 0.15) is 0 Å². The lowest BCUT2D eigenvalue weighted by Crippen LogP contribution is -2.50. The number of carbonyl (C=O) groups excluding carboxylic acids is 1. The summed E-state index contributed by atoms with van der Waals surface area (Å²) in [6.45, 7) is 0.0353. The Morgan fingerprint density at radius 3 is 2.07 bits per heavy atom. The summed E-state index contributed by atoms with van der Waals surface area (Å²) in [6.07, 6.45) is 0. The van der Waals surface area contributed by atoms with Crippen molar-refractivity contribution >= 4 is 31.8 Å². The van der Waals surface area contributed by atoms with Crippen LogP contribution in [0.3, 0.4) is 0 Å². The van der Waals surface area contributed by atoms with E-state index in [-0.39, 0.29) is 42.3 Å². The Morgan fingerprint density at radius 2 is 1.53 bits per heavy atom. The van der Waals surface area contributed by atoms with Crippen LogP contribution in [0, 0.1) is 10.1 Å². The van der Waals surface area contributed by atoms with E-state index in [2.05, 4.69) is 0 Å². The molecule has 3 rings (SSSR count). The van der Waals surface area contributed by atoms with Crippen LogP contribution in [-0.2, 0) is 20.2 Å². The van der Waals surface area contributed by atoms with Crippen LogP contribution >= 0.6 is 0 Å². The summed E-state index contributed by atoms with van der Waals surface area (Å²) in [7, 11) is -8.86. The van der Waals surface area contributed by atoms with Gasteiger partial charge in [0, 0.05) is 43.9 Å². The lowest BCUT2D eigenvalue weighted by Gasteiger charge is -2.34. The summed E-state index contributed by atoms with van der Waals surface area (Å²) in [5.41, 5.74) is -0.262. The molecule has 10 nitrogen and oxygen atoms in total. The van der Waals surface area contributed by atoms with Crippen molar-refractivity contribution < 1.29 is 30.4 Å². The molecule has 0 unspecified atom stereocenters. The molecule has 2 aromatic carbocycles. The third kappa shape index (κ3) is 4.47. The molecule has 1 amide bonds. The molecular formula is C17H16FN3O7S2. The second-order valence-corrected chi connectivity index (χ2v) is 9.70. The fraction of sp³-hybridized carbons (Fsp3) is 0.235. The molecule has 1 heterocycles. The number of hydrogen-bond donors (Lipinski definition) is 0. The summed E-state index contributed by atoms with van der Waals surface area (Å²) in [6, 6.07) is 9.03. The van der Waals surface area contributed by atoms with Gasteiger partial charge < -0.3 is 4.90 Å². The largest absolute Gasteiger partial charge is 0.336 e. The van der Waals surface area contributed by atoms with Gasteiger partial charge in [-0.15, -0.1) is 3.89 Å². The van der Waals surface area contributed by atoms with Gasteiger partial charge in [0.25, 0.3) is 11.6 Å². The zero-order valence-electron chi connectivity index (χ0n) is 15.3. The molecule has 30 heavy (non-hydrogen) atoms. The standard InChI is InChI=1S/C17H16FN3O7S2/c18-29(25,26)16-3-1-2-13(12-16)17(22)19-8-10-20(11-9-19)30(27,28)15-6-4-14(5-7-15)21(23)24/h1-7,12H,8-11H2. The van der Waals surface area contributed by atoms with Crippen LogP contribution in [0.1, 0.15) is 10.4 Å². The molecule has 0 N–H and O–H groups in total. The number of nitro benzene ring substituents is 1. The van der Waals surface area contributed by atoms with Crippen molar-refractivity contribution in [1.29, 1.82) is 0 Å². The van der Waals surface area contributed by atoms with Crippen molar-refractivity contribution in [3.63, 3.8) is 0 Å². The van der Waals surface area contributed by atoms with Gasteiger partial charge in [-0.2, -0.15) is 12.7 Å². The van der Waals surface area contributed by atoms with E-state index in [0.717, 1.165) is 40.7 Å². The average Bonchev–Trinajstić information content (AvgIpc) is 2.73. The first-order chi connectivity index (χ1) is 14.0. The number of piperazine rings is 1. The Kier molecular flexibility index (Phi) is 5.87. The Hall–Kier alpha value is -2.90. The number of benzene rings is 2. The van der Waals surface area contributed by atoms with Crippen LogP contribution in [0.15, 0.2) is 58.3 Å². The van der Waals surface area contributed by atoms with Crippen LogP contribution in [0.2, 0.25) is 0 Å². The number of sulfonamides is 1. The quantitative estimate of drug-likeness (QED) is 0.376. The number of amides is 1. The molecule has 0 aliphatic carbocycles.